The molecule has 2 aromatic carbocycles. The number of hydrogen-bond donors (Lipinski definition) is 0. The molecule has 0 saturated carbocycles. The van der Waals surface area contributed by atoms with Crippen LogP contribution in [0.4, 0.5) is 0 Å². The van der Waals surface area contributed by atoms with E-state index in [1.165, 1.54) is 5.39 Å². The molecule has 0 fully saturated rings. The van der Waals surface area contributed by atoms with Crippen molar-refractivity contribution < 1.29 is 4.42 Å². The van der Waals surface area contributed by atoms with E-state index in [9.17, 15) is 0 Å². The molecule has 0 aliphatic rings. The highest BCUT2D eigenvalue weighted by molar-refractivity contribution is 6.08. The topological polar surface area (TPSA) is 61.7 Å². The van der Waals surface area contributed by atoms with Crippen LogP contribution in [0.5, 0.6) is 0 Å². The number of nitrogens with zero attached hydrogens (tertiary/aromatic N) is 5. The molecule has 0 bridgehead atoms. The second kappa shape index (κ2) is 7.63. The zero-order valence-corrected chi connectivity index (χ0v) is 19.6. The molecule has 0 aliphatic heterocycles. The SMILES string of the molecule is c1ccc(-c2coc3ccc(-n4c5ccccc5c5ccc(-n6ccc7ccccc76)nc54)nc23)nc1. The monoisotopic (exact) mass is 477 g/mol. The molecule has 174 valence electrons. The first-order valence-corrected chi connectivity index (χ1v) is 12.1. The molecular formula is C31H19N5O. The van der Waals surface area contributed by atoms with E-state index >= 15 is 0 Å². The van der Waals surface area contributed by atoms with Gasteiger partial charge in [0.2, 0.25) is 0 Å². The van der Waals surface area contributed by atoms with Crippen LogP contribution in [0, 0.1) is 0 Å². The van der Waals surface area contributed by atoms with Crippen molar-refractivity contribution in [3.8, 4) is 22.9 Å². The Kier molecular flexibility index (Phi) is 4.13. The van der Waals surface area contributed by atoms with E-state index in [0.717, 1.165) is 61.4 Å². The summed E-state index contributed by atoms with van der Waals surface area (Å²) in [6.45, 7) is 0. The third-order valence-corrected chi connectivity index (χ3v) is 6.93. The van der Waals surface area contributed by atoms with Crippen molar-refractivity contribution >= 4 is 43.9 Å². The van der Waals surface area contributed by atoms with Crippen LogP contribution in [0.25, 0.3) is 66.8 Å². The molecule has 0 atom stereocenters. The lowest BCUT2D eigenvalue weighted by Gasteiger charge is -2.09. The van der Waals surface area contributed by atoms with E-state index in [2.05, 4.69) is 81.0 Å². The molecule has 37 heavy (non-hydrogen) atoms. The predicted octanol–water partition coefficient (Wildman–Crippen LogP) is 7.33. The van der Waals surface area contributed by atoms with Crippen molar-refractivity contribution in [1.82, 2.24) is 24.1 Å². The quantitative estimate of drug-likeness (QED) is 0.267. The van der Waals surface area contributed by atoms with Gasteiger partial charge in [-0.2, -0.15) is 0 Å². The summed E-state index contributed by atoms with van der Waals surface area (Å²) >= 11 is 0. The number of aromatic nitrogens is 5. The van der Waals surface area contributed by atoms with Crippen LogP contribution in [0.15, 0.2) is 120 Å². The normalized spacial score (nSPS) is 11.8. The minimum absolute atomic E-state index is 0.720. The van der Waals surface area contributed by atoms with Crippen molar-refractivity contribution in [2.75, 3.05) is 0 Å². The zero-order valence-electron chi connectivity index (χ0n) is 19.6. The lowest BCUT2D eigenvalue weighted by atomic mass is 10.2. The average Bonchev–Trinajstić information content (AvgIpc) is 3.66. The Morgan fingerprint density at radius 2 is 1.49 bits per heavy atom. The van der Waals surface area contributed by atoms with Gasteiger partial charge in [-0.05, 0) is 60.0 Å². The number of para-hydroxylation sites is 2. The largest absolute Gasteiger partial charge is 0.462 e. The van der Waals surface area contributed by atoms with Gasteiger partial charge in [0.05, 0.1) is 22.3 Å². The second-order valence-corrected chi connectivity index (χ2v) is 9.02. The number of fused-ring (bicyclic) bond motifs is 5. The highest BCUT2D eigenvalue weighted by Gasteiger charge is 2.18. The summed E-state index contributed by atoms with van der Waals surface area (Å²) < 4.78 is 10.1. The summed E-state index contributed by atoms with van der Waals surface area (Å²) in [5.41, 5.74) is 6.21. The number of furan rings is 1. The Labute approximate surface area is 211 Å². The van der Waals surface area contributed by atoms with E-state index in [-0.39, 0.29) is 0 Å². The molecule has 0 spiro atoms. The average molecular weight is 478 g/mol. The maximum atomic E-state index is 5.83. The Hall–Kier alpha value is -5.23. The molecule has 0 saturated heterocycles. The first-order valence-electron chi connectivity index (χ1n) is 12.1. The molecule has 0 unspecified atom stereocenters. The summed E-state index contributed by atoms with van der Waals surface area (Å²) in [4.78, 5) is 14.8. The van der Waals surface area contributed by atoms with Crippen LogP contribution >= 0.6 is 0 Å². The van der Waals surface area contributed by atoms with E-state index in [1.807, 2.05) is 36.4 Å². The fraction of sp³-hybridized carbons (Fsp3) is 0. The van der Waals surface area contributed by atoms with Crippen molar-refractivity contribution in [1.29, 1.82) is 0 Å². The summed E-state index contributed by atoms with van der Waals surface area (Å²) in [6, 6.07) is 32.8. The number of hydrogen-bond acceptors (Lipinski definition) is 4. The van der Waals surface area contributed by atoms with Crippen molar-refractivity contribution in [2.45, 2.75) is 0 Å². The van der Waals surface area contributed by atoms with Gasteiger partial charge in [0, 0.05) is 23.2 Å². The van der Waals surface area contributed by atoms with Gasteiger partial charge in [0.25, 0.3) is 0 Å². The third kappa shape index (κ3) is 2.96. The molecule has 8 aromatic rings. The summed E-state index contributed by atoms with van der Waals surface area (Å²) in [5, 5.41) is 3.39. The summed E-state index contributed by atoms with van der Waals surface area (Å²) in [7, 11) is 0. The van der Waals surface area contributed by atoms with Gasteiger partial charge in [0.15, 0.2) is 5.58 Å². The van der Waals surface area contributed by atoms with Crippen LogP contribution in [-0.4, -0.2) is 24.1 Å². The fourth-order valence-corrected chi connectivity index (χ4v) is 5.21. The lowest BCUT2D eigenvalue weighted by molar-refractivity contribution is 0.616. The fourth-order valence-electron chi connectivity index (χ4n) is 5.21. The van der Waals surface area contributed by atoms with E-state index in [4.69, 9.17) is 14.4 Å². The maximum absolute atomic E-state index is 5.83. The smallest absolute Gasteiger partial charge is 0.153 e. The highest BCUT2D eigenvalue weighted by Crippen LogP contribution is 2.34. The van der Waals surface area contributed by atoms with Crippen LogP contribution in [-0.2, 0) is 0 Å². The van der Waals surface area contributed by atoms with E-state index in [1.54, 1.807) is 12.5 Å². The molecule has 6 heteroatoms. The first kappa shape index (κ1) is 20.0. The summed E-state index contributed by atoms with van der Waals surface area (Å²) in [5.74, 6) is 1.63. The third-order valence-electron chi connectivity index (χ3n) is 6.93. The number of rotatable bonds is 3. The minimum atomic E-state index is 0.720. The number of benzene rings is 2. The predicted molar refractivity (Wildman–Crippen MR) is 146 cm³/mol. The lowest BCUT2D eigenvalue weighted by Crippen LogP contribution is -2.01. The molecule has 0 aliphatic carbocycles. The van der Waals surface area contributed by atoms with Gasteiger partial charge in [-0.15, -0.1) is 0 Å². The van der Waals surface area contributed by atoms with Gasteiger partial charge in [0.1, 0.15) is 29.1 Å². The van der Waals surface area contributed by atoms with Gasteiger partial charge in [-0.3, -0.25) is 9.55 Å². The Bertz CT molecular complexity index is 2100. The van der Waals surface area contributed by atoms with Crippen molar-refractivity contribution in [3.05, 3.63) is 116 Å². The van der Waals surface area contributed by atoms with Crippen LogP contribution in [0.2, 0.25) is 0 Å². The van der Waals surface area contributed by atoms with Gasteiger partial charge >= 0.3 is 0 Å². The van der Waals surface area contributed by atoms with Gasteiger partial charge < -0.3 is 8.98 Å². The maximum Gasteiger partial charge on any atom is 0.153 e. The molecule has 0 amide bonds. The Morgan fingerprint density at radius 1 is 0.649 bits per heavy atom. The Morgan fingerprint density at radius 3 is 2.41 bits per heavy atom. The van der Waals surface area contributed by atoms with Crippen LogP contribution in [0.1, 0.15) is 0 Å². The molecule has 6 aromatic heterocycles. The van der Waals surface area contributed by atoms with Gasteiger partial charge in [-0.1, -0.05) is 42.5 Å². The molecule has 0 N–H and O–H groups in total. The van der Waals surface area contributed by atoms with Gasteiger partial charge in [-0.25, -0.2) is 9.97 Å². The first-order chi connectivity index (χ1) is 18.3. The molecule has 0 radical (unpaired) electrons. The molecule has 6 nitrogen and oxygen atoms in total. The second-order valence-electron chi connectivity index (χ2n) is 9.02. The van der Waals surface area contributed by atoms with Crippen molar-refractivity contribution in [3.63, 3.8) is 0 Å². The molecule has 8 rings (SSSR count). The summed E-state index contributed by atoms with van der Waals surface area (Å²) in [6.07, 6.45) is 5.57. The molecule has 6 heterocycles. The van der Waals surface area contributed by atoms with E-state index in [0.29, 0.717) is 0 Å². The zero-order chi connectivity index (χ0) is 24.3. The van der Waals surface area contributed by atoms with Crippen LogP contribution < -0.4 is 0 Å². The van der Waals surface area contributed by atoms with E-state index < -0.39 is 0 Å². The number of pyridine rings is 3. The highest BCUT2D eigenvalue weighted by atomic mass is 16.3. The minimum Gasteiger partial charge on any atom is -0.462 e. The molecular weight excluding hydrogens is 458 g/mol. The van der Waals surface area contributed by atoms with Crippen LogP contribution in [0.3, 0.4) is 0 Å². The van der Waals surface area contributed by atoms with Crippen molar-refractivity contribution in [2.24, 2.45) is 0 Å². The standard InChI is InChI=1S/C31H19N5O/c1-3-10-25-20(7-1)16-18-35(25)28-14-12-22-21-8-2-4-11-26(21)36(31(22)34-28)29-15-13-27-30(33-29)23(19-37-27)24-9-5-6-17-32-24/h1-19H. The Balaban J connectivity index is 1.40.